The summed E-state index contributed by atoms with van der Waals surface area (Å²) in [5, 5.41) is 8.86. The van der Waals surface area contributed by atoms with Gasteiger partial charge in [0.15, 0.2) is 0 Å². The van der Waals surface area contributed by atoms with E-state index in [1.165, 1.54) is 49.4 Å². The predicted octanol–water partition coefficient (Wildman–Crippen LogP) is 24.5. The summed E-state index contributed by atoms with van der Waals surface area (Å²) in [5.74, 6) is 0. The topological polar surface area (TPSA) is 33.6 Å². The van der Waals surface area contributed by atoms with E-state index in [-0.39, 0.29) is 73.4 Å². The highest BCUT2D eigenvalue weighted by Crippen LogP contribution is 2.51. The van der Waals surface area contributed by atoms with Gasteiger partial charge in [-0.05, 0) is 189 Å². The van der Waals surface area contributed by atoms with Crippen molar-refractivity contribution in [1.29, 1.82) is 5.26 Å². The van der Waals surface area contributed by atoms with Crippen LogP contribution < -0.4 is 0 Å². The summed E-state index contributed by atoms with van der Waals surface area (Å²) in [4.78, 5) is 0. The van der Waals surface area contributed by atoms with Gasteiger partial charge in [0.2, 0.25) is 0 Å². The lowest BCUT2D eigenvalue weighted by Crippen LogP contribution is -2.16. The number of fused-ring (bicyclic) bond motifs is 6. The minimum Gasteiger partial charge on any atom is -0.309 e. The second-order valence-electron chi connectivity index (χ2n) is 22.5. The Hall–Kier alpha value is -10.4. The zero-order valence-electron chi connectivity index (χ0n) is 48.2. The van der Waals surface area contributed by atoms with E-state index in [9.17, 15) is 97.5 Å². The maximum absolute atomic E-state index is 17.2. The Balaban J connectivity index is 1.22. The predicted molar refractivity (Wildman–Crippen MR) is 312 cm³/mol. The highest BCUT2D eigenvalue weighted by atomic mass is 19.4. The van der Waals surface area contributed by atoms with Gasteiger partial charge < -0.3 is 9.13 Å². The fourth-order valence-corrected chi connectivity index (χ4v) is 12.2. The van der Waals surface area contributed by atoms with Crippen molar-refractivity contribution in [2.45, 2.75) is 56.3 Å². The number of nitrogens with zero attached hydrogens (tertiary/aromatic N) is 3. The summed E-state index contributed by atoms with van der Waals surface area (Å²) in [6.07, 6.45) is -43.0. The van der Waals surface area contributed by atoms with Crippen LogP contribution in [0.25, 0.3) is 111 Å². The average molecular weight is 1370 g/mol. The van der Waals surface area contributed by atoms with Gasteiger partial charge in [-0.1, -0.05) is 60.7 Å². The molecule has 0 aliphatic heterocycles. The van der Waals surface area contributed by atoms with Crippen LogP contribution in [0.1, 0.15) is 55.6 Å². The molecule has 0 saturated carbocycles. The Morgan fingerprint density at radius 2 is 0.588 bits per heavy atom. The fourth-order valence-electron chi connectivity index (χ4n) is 12.2. The van der Waals surface area contributed by atoms with Crippen molar-refractivity contribution in [1.82, 2.24) is 9.13 Å². The molecule has 3 nitrogen and oxygen atoms in total. The summed E-state index contributed by atoms with van der Waals surface area (Å²) in [6.45, 7) is 1.29. The van der Waals surface area contributed by atoms with Crippen molar-refractivity contribution in [3.05, 3.63) is 238 Å². The first-order valence-corrected chi connectivity index (χ1v) is 28.0. The van der Waals surface area contributed by atoms with Gasteiger partial charge in [-0.2, -0.15) is 111 Å². The van der Waals surface area contributed by atoms with Crippen molar-refractivity contribution in [3.8, 4) is 73.1 Å². The van der Waals surface area contributed by atoms with Gasteiger partial charge in [0.1, 0.15) is 5.56 Å². The van der Waals surface area contributed by atoms with Crippen LogP contribution in [0.2, 0.25) is 0 Å². The number of alkyl halides is 24. The summed E-state index contributed by atoms with van der Waals surface area (Å²) in [5.41, 5.74) is -21.2. The van der Waals surface area contributed by atoms with E-state index in [2.05, 4.69) is 0 Å². The monoisotopic (exact) mass is 1370 g/mol. The minimum atomic E-state index is -5.66. The van der Waals surface area contributed by atoms with Gasteiger partial charge >= 0.3 is 49.4 Å². The Morgan fingerprint density at radius 1 is 0.278 bits per heavy atom. The van der Waals surface area contributed by atoms with Crippen LogP contribution in [0.5, 0.6) is 0 Å². The van der Waals surface area contributed by atoms with Gasteiger partial charge in [0.05, 0.1) is 84.0 Å². The van der Waals surface area contributed by atoms with Gasteiger partial charge in [-0.25, -0.2) is 0 Å². The molecule has 0 amide bonds. The molecule has 0 saturated heterocycles. The smallest absolute Gasteiger partial charge is 0.309 e. The van der Waals surface area contributed by atoms with Crippen molar-refractivity contribution in [2.75, 3.05) is 0 Å². The lowest BCUT2D eigenvalue weighted by molar-refractivity contribution is -0.144. The molecule has 0 atom stereocenters. The maximum atomic E-state index is 17.2. The third-order valence-electron chi connectivity index (χ3n) is 16.5. The maximum Gasteiger partial charge on any atom is 0.420 e. The second-order valence-corrected chi connectivity index (χ2v) is 22.5. The molecule has 0 aliphatic rings. The number of aromatic nitrogens is 2. The summed E-state index contributed by atoms with van der Waals surface area (Å²) in [7, 11) is 0. The zero-order valence-corrected chi connectivity index (χ0v) is 48.2. The standard InChI is InChI=1S/C70H33F24N3/c1-33-21-41(63(71,72)73)9-13-45(33)36-5-17-56-49(23-36)50-24-37(46-14-10-42(64(74,75)76)29-53(46)67(83,84)85)6-18-57(50)96(56)60-27-40(35-4-2-3-34(22-35)32-95)28-61(62(60)70(92,93)94)97-58-19-7-38(47-15-11-43(65(77,78)79)30-54(47)68(86,87)88)25-51(58)52-26-39(8-20-59(52)97)48-16-12-44(66(80,81)82)31-55(48)69(89,90)91/h2-31H,1H3. The molecule has 0 aliphatic carbocycles. The van der Waals surface area contributed by atoms with Gasteiger partial charge in [-0.3, -0.25) is 0 Å². The first kappa shape index (κ1) is 66.6. The Kier molecular flexibility index (Phi) is 15.5. The summed E-state index contributed by atoms with van der Waals surface area (Å²) in [6, 6.07) is 25.5. The van der Waals surface area contributed by atoms with Gasteiger partial charge in [-0.15, -0.1) is 0 Å². The van der Waals surface area contributed by atoms with E-state index < -0.39 is 160 Å². The van der Waals surface area contributed by atoms with Crippen LogP contribution in [0, 0.1) is 18.3 Å². The SMILES string of the molecule is Cc1cc(C(F)(F)F)ccc1-c1ccc2c(c1)c1cc(-c3ccc(C(F)(F)F)cc3C(F)(F)F)ccc1n2-c1cc(-c2cccc(C#N)c2)cc(-n2c3ccc(-c4ccc(C(F)(F)F)cc4C(F)(F)F)cc3c3cc(-c4ccc(C(F)(F)F)cc4C(F)(F)F)ccc32)c1C(F)(F)F. The van der Waals surface area contributed by atoms with Crippen LogP contribution in [0.15, 0.2) is 182 Å². The van der Waals surface area contributed by atoms with Crippen LogP contribution in [-0.4, -0.2) is 9.13 Å². The number of nitriles is 1. The molecule has 2 heterocycles. The molecule has 10 aromatic carbocycles. The van der Waals surface area contributed by atoms with Crippen molar-refractivity contribution in [3.63, 3.8) is 0 Å². The number of aryl methyl sites for hydroxylation is 1. The Labute approximate surface area is 528 Å². The van der Waals surface area contributed by atoms with E-state index in [1.54, 1.807) is 0 Å². The molecule has 0 unspecified atom stereocenters. The molecular weight excluding hydrogens is 1340 g/mol. The average Bonchev–Trinajstić information content (AvgIpc) is 1.58. The van der Waals surface area contributed by atoms with Crippen LogP contribution >= 0.6 is 0 Å². The fraction of sp³-hybridized carbons (Fsp3) is 0.129. The normalized spacial score (nSPS) is 13.2. The molecule has 12 rings (SSSR count). The number of halogens is 24. The lowest BCUT2D eigenvalue weighted by atomic mass is 9.94. The molecule has 496 valence electrons. The van der Waals surface area contributed by atoms with E-state index in [0.29, 0.717) is 36.4 Å². The number of rotatable bonds is 7. The quantitative estimate of drug-likeness (QED) is 0.146. The summed E-state index contributed by atoms with van der Waals surface area (Å²) >= 11 is 0. The van der Waals surface area contributed by atoms with E-state index in [0.717, 1.165) is 94.1 Å². The lowest BCUT2D eigenvalue weighted by Gasteiger charge is -2.23. The molecule has 2 aromatic heterocycles. The molecular formula is C70H33F24N3. The third kappa shape index (κ3) is 12.2. The first-order chi connectivity index (χ1) is 45.0. The van der Waals surface area contributed by atoms with Crippen molar-refractivity contribution < 1.29 is 105 Å². The highest BCUT2D eigenvalue weighted by Gasteiger charge is 2.44. The largest absolute Gasteiger partial charge is 0.420 e. The molecule has 27 heteroatoms. The third-order valence-corrected chi connectivity index (χ3v) is 16.5. The molecule has 0 spiro atoms. The van der Waals surface area contributed by atoms with E-state index >= 15 is 13.2 Å². The van der Waals surface area contributed by atoms with Gasteiger partial charge in [0, 0.05) is 21.5 Å². The van der Waals surface area contributed by atoms with E-state index in [1.807, 2.05) is 6.07 Å². The van der Waals surface area contributed by atoms with Gasteiger partial charge in [0.25, 0.3) is 0 Å². The molecule has 0 N–H and O–H groups in total. The Morgan fingerprint density at radius 3 is 0.876 bits per heavy atom. The van der Waals surface area contributed by atoms with Crippen LogP contribution in [0.3, 0.4) is 0 Å². The molecule has 0 fully saturated rings. The van der Waals surface area contributed by atoms with Crippen molar-refractivity contribution >= 4 is 43.6 Å². The van der Waals surface area contributed by atoms with Crippen LogP contribution in [0.4, 0.5) is 105 Å². The zero-order chi connectivity index (χ0) is 70.4. The Bertz CT molecular complexity index is 5110. The molecule has 0 radical (unpaired) electrons. The van der Waals surface area contributed by atoms with Crippen LogP contribution in [-0.2, 0) is 49.4 Å². The minimum absolute atomic E-state index is 0.000183. The first-order valence-electron chi connectivity index (χ1n) is 28.0. The summed E-state index contributed by atoms with van der Waals surface area (Å²) < 4.78 is 355. The molecule has 97 heavy (non-hydrogen) atoms. The van der Waals surface area contributed by atoms with E-state index in [4.69, 9.17) is 0 Å². The number of hydrogen-bond donors (Lipinski definition) is 0. The van der Waals surface area contributed by atoms with Crippen molar-refractivity contribution in [2.24, 2.45) is 0 Å². The number of hydrogen-bond acceptors (Lipinski definition) is 1. The highest BCUT2D eigenvalue weighted by molar-refractivity contribution is 6.14. The molecule has 12 aromatic rings. The second kappa shape index (κ2) is 22.6. The molecule has 0 bridgehead atoms. The number of benzene rings is 10.